The van der Waals surface area contributed by atoms with Crippen LogP contribution in [0.25, 0.3) is 0 Å². The average Bonchev–Trinajstić information content (AvgIpc) is 2.74. The van der Waals surface area contributed by atoms with Crippen LogP contribution in [0.15, 0.2) is 12.4 Å². The molecule has 0 radical (unpaired) electrons. The number of carbonyl (C=O) groups excluding carboxylic acids is 3. The molecule has 3 fully saturated rings. The van der Waals surface area contributed by atoms with E-state index < -0.39 is 0 Å². The summed E-state index contributed by atoms with van der Waals surface area (Å²) < 4.78 is 0. The van der Waals surface area contributed by atoms with Gasteiger partial charge in [0.1, 0.15) is 5.82 Å². The molecule has 0 saturated carbocycles. The van der Waals surface area contributed by atoms with Crippen molar-refractivity contribution >= 4 is 24.2 Å². The number of fused-ring (bicyclic) bond motifs is 4. The first-order valence-corrected chi connectivity index (χ1v) is 10.6. The van der Waals surface area contributed by atoms with E-state index in [1.54, 1.807) is 19.3 Å². The second-order valence-corrected chi connectivity index (χ2v) is 8.36. The van der Waals surface area contributed by atoms with Gasteiger partial charge >= 0.3 is 0 Å². The highest BCUT2D eigenvalue weighted by molar-refractivity contribution is 5.93. The van der Waals surface area contributed by atoms with Crippen LogP contribution in [0.1, 0.15) is 48.8 Å². The van der Waals surface area contributed by atoms with Gasteiger partial charge in [-0.3, -0.25) is 19.2 Å². The van der Waals surface area contributed by atoms with Crippen LogP contribution < -0.4 is 5.32 Å². The highest BCUT2D eigenvalue weighted by Gasteiger charge is 2.50. The van der Waals surface area contributed by atoms with Gasteiger partial charge < -0.3 is 20.2 Å². The van der Waals surface area contributed by atoms with Crippen LogP contribution in [-0.2, 0) is 14.4 Å². The zero-order valence-corrected chi connectivity index (χ0v) is 17.9. The van der Waals surface area contributed by atoms with E-state index in [2.05, 4.69) is 15.3 Å². The Morgan fingerprint density at radius 1 is 1.26 bits per heavy atom. The van der Waals surface area contributed by atoms with Gasteiger partial charge in [-0.2, -0.15) is 0 Å². The number of aryl methyl sites for hydroxylation is 1. The van der Waals surface area contributed by atoms with Gasteiger partial charge in [0.15, 0.2) is 0 Å². The number of hydrogen-bond donors (Lipinski definition) is 2. The first-order valence-electron chi connectivity index (χ1n) is 10.6. The third kappa shape index (κ3) is 5.00. The van der Waals surface area contributed by atoms with Gasteiger partial charge in [-0.05, 0) is 38.0 Å². The summed E-state index contributed by atoms with van der Waals surface area (Å²) >= 11 is 0. The maximum Gasteiger partial charge on any atom is 0.290 e. The fourth-order valence-corrected chi connectivity index (χ4v) is 5.14. The summed E-state index contributed by atoms with van der Waals surface area (Å²) in [5.74, 6) is 1.13. The molecule has 3 amide bonds. The minimum absolute atomic E-state index is 0.0523. The highest BCUT2D eigenvalue weighted by atomic mass is 16.3. The Labute approximate surface area is 181 Å². The quantitative estimate of drug-likeness (QED) is 0.665. The molecule has 0 unspecified atom stereocenters. The van der Waals surface area contributed by atoms with Crippen LogP contribution in [0.5, 0.6) is 0 Å². The molecular formula is C21H29N5O5. The second kappa shape index (κ2) is 9.84. The molecule has 0 aliphatic carbocycles. The summed E-state index contributed by atoms with van der Waals surface area (Å²) in [5.41, 5.74) is 0.501. The standard InChI is InChI=1S/C20H27N5O3.CH2O2/c1-12-21-7-16(8-22-12)20(28)24-10-14-6-15(11-24)18(9-23-13(2)26)25-17(14)4-3-5-19(25)27;2-1-3/h7-8,14-15,17-18H,3-6,9-11H2,1-2H3,(H,23,26);1H,(H,2,3)/t14-,15+,17+,18+;/m1./s1. The molecule has 3 saturated heterocycles. The molecule has 2 N–H and O–H groups in total. The summed E-state index contributed by atoms with van der Waals surface area (Å²) in [6.45, 7) is 4.73. The number of nitrogens with one attached hydrogen (secondary N) is 1. The van der Waals surface area contributed by atoms with Crippen molar-refractivity contribution in [1.29, 1.82) is 0 Å². The first-order chi connectivity index (χ1) is 14.8. The van der Waals surface area contributed by atoms with Gasteiger partial charge in [0.05, 0.1) is 11.6 Å². The maximum atomic E-state index is 13.0. The minimum atomic E-state index is -0.250. The molecule has 4 atom stereocenters. The highest BCUT2D eigenvalue weighted by Crippen LogP contribution is 2.41. The lowest BCUT2D eigenvalue weighted by Gasteiger charge is -2.56. The van der Waals surface area contributed by atoms with Crippen molar-refractivity contribution < 1.29 is 24.3 Å². The maximum absolute atomic E-state index is 13.0. The van der Waals surface area contributed by atoms with E-state index in [1.807, 2.05) is 9.80 Å². The van der Waals surface area contributed by atoms with Crippen molar-refractivity contribution in [2.75, 3.05) is 19.6 Å². The fraction of sp³-hybridized carbons (Fsp3) is 0.619. The lowest BCUT2D eigenvalue weighted by Crippen LogP contribution is -2.67. The van der Waals surface area contributed by atoms with Crippen LogP contribution >= 0.6 is 0 Å². The van der Waals surface area contributed by atoms with Crippen LogP contribution in [0.3, 0.4) is 0 Å². The number of carboxylic acid groups (broad SMARTS) is 1. The normalized spacial score (nSPS) is 26.8. The van der Waals surface area contributed by atoms with Crippen molar-refractivity contribution in [2.24, 2.45) is 11.8 Å². The van der Waals surface area contributed by atoms with Gasteiger partial charge in [-0.1, -0.05) is 0 Å². The van der Waals surface area contributed by atoms with Crippen LogP contribution in [0, 0.1) is 18.8 Å². The predicted molar refractivity (Wildman–Crippen MR) is 110 cm³/mol. The van der Waals surface area contributed by atoms with Crippen molar-refractivity contribution in [2.45, 2.75) is 51.6 Å². The molecule has 4 heterocycles. The molecule has 0 aromatic carbocycles. The van der Waals surface area contributed by atoms with E-state index in [0.29, 0.717) is 37.4 Å². The van der Waals surface area contributed by atoms with Crippen LogP contribution in [0.2, 0.25) is 0 Å². The molecular weight excluding hydrogens is 402 g/mol. The topological polar surface area (TPSA) is 133 Å². The Balaban J connectivity index is 0.000000858. The summed E-state index contributed by atoms with van der Waals surface area (Å²) in [6.07, 6.45) is 6.60. The third-order valence-electron chi connectivity index (χ3n) is 6.37. The molecule has 31 heavy (non-hydrogen) atoms. The fourth-order valence-electron chi connectivity index (χ4n) is 5.14. The molecule has 1 aromatic heterocycles. The summed E-state index contributed by atoms with van der Waals surface area (Å²) in [7, 11) is 0. The van der Waals surface area contributed by atoms with Crippen molar-refractivity contribution in [1.82, 2.24) is 25.1 Å². The van der Waals surface area contributed by atoms with Gasteiger partial charge in [-0.15, -0.1) is 0 Å². The van der Waals surface area contributed by atoms with Crippen molar-refractivity contribution in [3.8, 4) is 0 Å². The first kappa shape index (κ1) is 22.6. The summed E-state index contributed by atoms with van der Waals surface area (Å²) in [5, 5.41) is 9.79. The molecule has 4 rings (SSSR count). The Kier molecular flexibility index (Phi) is 7.19. The molecule has 2 bridgehead atoms. The van der Waals surface area contributed by atoms with E-state index in [4.69, 9.17) is 9.90 Å². The Hall–Kier alpha value is -3.04. The Morgan fingerprint density at radius 3 is 2.55 bits per heavy atom. The molecule has 3 aliphatic heterocycles. The smallest absolute Gasteiger partial charge is 0.290 e. The van der Waals surface area contributed by atoms with Gasteiger partial charge in [0, 0.05) is 51.4 Å². The molecule has 168 valence electrons. The lowest BCUT2D eigenvalue weighted by atomic mass is 9.72. The Bertz CT molecular complexity index is 830. The number of aromatic nitrogens is 2. The van der Waals surface area contributed by atoms with E-state index in [-0.39, 0.29) is 48.1 Å². The van der Waals surface area contributed by atoms with E-state index in [0.717, 1.165) is 19.3 Å². The van der Waals surface area contributed by atoms with Gasteiger partial charge in [0.2, 0.25) is 11.8 Å². The number of piperidine rings is 3. The second-order valence-electron chi connectivity index (χ2n) is 8.36. The average molecular weight is 431 g/mol. The van der Waals surface area contributed by atoms with Gasteiger partial charge in [0.25, 0.3) is 12.4 Å². The number of rotatable bonds is 3. The summed E-state index contributed by atoms with van der Waals surface area (Å²) in [4.78, 5) is 57.8. The SMILES string of the molecule is CC(=O)NC[C@H]1[C@H]2C[C@H](CN(C(=O)c3cnc(C)nc3)C2)[C@@H]2CCCC(=O)N21.O=CO. The van der Waals surface area contributed by atoms with Crippen LogP contribution in [-0.4, -0.2) is 80.8 Å². The molecule has 10 heteroatoms. The monoisotopic (exact) mass is 431 g/mol. The van der Waals surface area contributed by atoms with Gasteiger partial charge in [-0.25, -0.2) is 9.97 Å². The summed E-state index contributed by atoms with van der Waals surface area (Å²) in [6, 6.07) is 0.101. The molecule has 1 aromatic rings. The van der Waals surface area contributed by atoms with Crippen molar-refractivity contribution in [3.05, 3.63) is 23.8 Å². The molecule has 0 spiro atoms. The molecule has 3 aliphatic rings. The largest absolute Gasteiger partial charge is 0.483 e. The van der Waals surface area contributed by atoms with E-state index in [1.165, 1.54) is 6.92 Å². The van der Waals surface area contributed by atoms with E-state index >= 15 is 0 Å². The number of likely N-dealkylation sites (tertiary alicyclic amines) is 1. The molecule has 10 nitrogen and oxygen atoms in total. The van der Waals surface area contributed by atoms with E-state index in [9.17, 15) is 14.4 Å². The zero-order chi connectivity index (χ0) is 22.5. The van der Waals surface area contributed by atoms with Crippen molar-refractivity contribution in [3.63, 3.8) is 0 Å². The number of carbonyl (C=O) groups is 4. The number of hydrogen-bond acceptors (Lipinski definition) is 6. The lowest BCUT2D eigenvalue weighted by molar-refractivity contribution is -0.151. The predicted octanol–water partition coefficient (Wildman–Crippen LogP) is 0.464. The third-order valence-corrected chi connectivity index (χ3v) is 6.37. The van der Waals surface area contributed by atoms with Crippen LogP contribution in [0.4, 0.5) is 0 Å². The number of amides is 3. The zero-order valence-electron chi connectivity index (χ0n) is 17.9. The Morgan fingerprint density at radius 2 is 1.90 bits per heavy atom. The number of nitrogens with zero attached hydrogens (tertiary/aromatic N) is 4. The minimum Gasteiger partial charge on any atom is -0.483 e.